The van der Waals surface area contributed by atoms with Crippen molar-refractivity contribution in [1.82, 2.24) is 4.98 Å². The summed E-state index contributed by atoms with van der Waals surface area (Å²) in [4.78, 5) is 17.6. The van der Waals surface area contributed by atoms with Crippen LogP contribution in [0.2, 0.25) is 0 Å². The smallest absolute Gasteiger partial charge is 0.237 e. The fourth-order valence-electron chi connectivity index (χ4n) is 2.94. The molecule has 0 aliphatic carbocycles. The first-order valence-electron chi connectivity index (χ1n) is 9.93. The average Bonchev–Trinajstić information content (AvgIpc) is 2.74. The molecule has 0 bridgehead atoms. The van der Waals surface area contributed by atoms with Gasteiger partial charge < -0.3 is 5.32 Å². The van der Waals surface area contributed by atoms with E-state index < -0.39 is 5.25 Å². The molecule has 4 nitrogen and oxygen atoms in total. The number of pyridine rings is 1. The Kier molecular flexibility index (Phi) is 7.19. The van der Waals surface area contributed by atoms with Gasteiger partial charge >= 0.3 is 0 Å². The van der Waals surface area contributed by atoms with Crippen molar-refractivity contribution in [3.05, 3.63) is 76.4 Å². The summed E-state index contributed by atoms with van der Waals surface area (Å²) in [5, 5.41) is 13.0. The lowest BCUT2D eigenvalue weighted by molar-refractivity contribution is -0.115. The zero-order valence-corrected chi connectivity index (χ0v) is 20.3. The van der Waals surface area contributed by atoms with E-state index in [9.17, 15) is 10.1 Å². The van der Waals surface area contributed by atoms with Gasteiger partial charge in [-0.3, -0.25) is 4.79 Å². The van der Waals surface area contributed by atoms with Crippen molar-refractivity contribution < 1.29 is 4.79 Å². The van der Waals surface area contributed by atoms with Crippen molar-refractivity contribution >= 4 is 39.3 Å². The van der Waals surface area contributed by atoms with E-state index in [0.29, 0.717) is 10.6 Å². The standard InChI is InChI=1S/C25H24BrN3OS/c1-16(23(30)28-19-12-10-18(26)11-13-19)31-24-21(15-27)20(17-8-6-5-7-9-17)14-22(29-24)25(2,3)4/h5-14,16H,1-4H3,(H,28,30)/t16-/m1/s1. The maximum atomic E-state index is 12.8. The summed E-state index contributed by atoms with van der Waals surface area (Å²) in [5.41, 5.74) is 3.70. The van der Waals surface area contributed by atoms with Gasteiger partial charge in [0.25, 0.3) is 0 Å². The molecule has 0 saturated heterocycles. The normalized spacial score (nSPS) is 12.1. The predicted octanol–water partition coefficient (Wildman–Crippen LogP) is 6.80. The Morgan fingerprint density at radius 2 is 1.77 bits per heavy atom. The minimum absolute atomic E-state index is 0.138. The van der Waals surface area contributed by atoms with Gasteiger partial charge in [-0.25, -0.2) is 4.98 Å². The van der Waals surface area contributed by atoms with E-state index in [4.69, 9.17) is 4.98 Å². The molecule has 1 heterocycles. The molecule has 0 saturated carbocycles. The van der Waals surface area contributed by atoms with Crippen LogP contribution in [0, 0.1) is 11.3 Å². The minimum Gasteiger partial charge on any atom is -0.325 e. The number of hydrogen-bond acceptors (Lipinski definition) is 4. The van der Waals surface area contributed by atoms with Gasteiger partial charge in [0, 0.05) is 26.8 Å². The molecule has 0 unspecified atom stereocenters. The van der Waals surface area contributed by atoms with Gasteiger partial charge in [-0.1, -0.05) is 78.8 Å². The minimum atomic E-state index is -0.429. The van der Waals surface area contributed by atoms with Crippen molar-refractivity contribution in [3.63, 3.8) is 0 Å². The van der Waals surface area contributed by atoms with E-state index in [1.54, 1.807) is 0 Å². The molecule has 158 valence electrons. The molecule has 0 spiro atoms. The first-order valence-corrected chi connectivity index (χ1v) is 11.6. The van der Waals surface area contributed by atoms with Gasteiger partial charge in [-0.15, -0.1) is 0 Å². The Bertz CT molecular complexity index is 1120. The molecule has 3 aromatic rings. The van der Waals surface area contributed by atoms with Crippen molar-refractivity contribution in [2.45, 2.75) is 43.4 Å². The van der Waals surface area contributed by atoms with Crippen LogP contribution in [-0.2, 0) is 10.2 Å². The number of carbonyl (C=O) groups excluding carboxylic acids is 1. The van der Waals surface area contributed by atoms with E-state index in [0.717, 1.165) is 27.0 Å². The Hall–Kier alpha value is -2.62. The summed E-state index contributed by atoms with van der Waals surface area (Å²) in [7, 11) is 0. The Morgan fingerprint density at radius 1 is 1.13 bits per heavy atom. The lowest BCUT2D eigenvalue weighted by Crippen LogP contribution is -2.23. The Balaban J connectivity index is 1.96. The van der Waals surface area contributed by atoms with Crippen LogP contribution in [0.5, 0.6) is 0 Å². The molecule has 2 aromatic carbocycles. The third-order valence-electron chi connectivity index (χ3n) is 4.72. The summed E-state index contributed by atoms with van der Waals surface area (Å²) in [6, 6.07) is 21.6. The van der Waals surface area contributed by atoms with Crippen LogP contribution in [0.3, 0.4) is 0 Å². The second kappa shape index (κ2) is 9.67. The second-order valence-electron chi connectivity index (χ2n) is 8.22. The maximum Gasteiger partial charge on any atom is 0.237 e. The van der Waals surface area contributed by atoms with Crippen LogP contribution in [0.15, 0.2) is 70.2 Å². The van der Waals surface area contributed by atoms with Gasteiger partial charge in [-0.05, 0) is 42.8 Å². The SMILES string of the molecule is C[C@@H](Sc1nc(C(C)(C)C)cc(-c2ccccc2)c1C#N)C(=O)Nc1ccc(Br)cc1. The molecule has 31 heavy (non-hydrogen) atoms. The van der Waals surface area contributed by atoms with E-state index in [1.165, 1.54) is 11.8 Å². The molecule has 0 aliphatic heterocycles. The number of rotatable bonds is 5. The number of benzene rings is 2. The maximum absolute atomic E-state index is 12.8. The molecule has 0 radical (unpaired) electrons. The van der Waals surface area contributed by atoms with Crippen LogP contribution in [0.1, 0.15) is 39.0 Å². The molecule has 1 atom stereocenters. The first kappa shape index (κ1) is 23.1. The van der Waals surface area contributed by atoms with Crippen LogP contribution in [0.25, 0.3) is 11.1 Å². The van der Waals surface area contributed by atoms with Crippen molar-refractivity contribution in [2.24, 2.45) is 0 Å². The highest BCUT2D eigenvalue weighted by Gasteiger charge is 2.24. The van der Waals surface area contributed by atoms with E-state index in [2.05, 4.69) is 48.1 Å². The van der Waals surface area contributed by atoms with E-state index >= 15 is 0 Å². The number of anilines is 1. The van der Waals surface area contributed by atoms with Gasteiger partial charge in [-0.2, -0.15) is 5.26 Å². The monoisotopic (exact) mass is 493 g/mol. The fraction of sp³-hybridized carbons (Fsp3) is 0.240. The average molecular weight is 494 g/mol. The molecule has 3 rings (SSSR count). The summed E-state index contributed by atoms with van der Waals surface area (Å²) in [6.45, 7) is 8.10. The Labute approximate surface area is 196 Å². The number of nitriles is 1. The van der Waals surface area contributed by atoms with E-state index in [1.807, 2.05) is 67.6 Å². The quantitative estimate of drug-likeness (QED) is 0.396. The highest BCUT2D eigenvalue weighted by Crippen LogP contribution is 2.36. The van der Waals surface area contributed by atoms with Crippen LogP contribution in [0.4, 0.5) is 5.69 Å². The second-order valence-corrected chi connectivity index (χ2v) is 10.5. The number of halogens is 1. The van der Waals surface area contributed by atoms with E-state index in [-0.39, 0.29) is 11.3 Å². The molecule has 1 N–H and O–H groups in total. The molecule has 6 heteroatoms. The lowest BCUT2D eigenvalue weighted by atomic mass is 9.89. The van der Waals surface area contributed by atoms with Gasteiger partial charge in [0.15, 0.2) is 0 Å². The highest BCUT2D eigenvalue weighted by molar-refractivity contribution is 9.10. The number of amides is 1. The molecule has 1 amide bonds. The summed E-state index contributed by atoms with van der Waals surface area (Å²) in [5.74, 6) is -0.138. The van der Waals surface area contributed by atoms with Crippen molar-refractivity contribution in [1.29, 1.82) is 5.26 Å². The summed E-state index contributed by atoms with van der Waals surface area (Å²) < 4.78 is 0.947. The molecule has 1 aromatic heterocycles. The van der Waals surface area contributed by atoms with Crippen LogP contribution in [-0.4, -0.2) is 16.1 Å². The number of nitrogens with zero attached hydrogens (tertiary/aromatic N) is 2. The predicted molar refractivity (Wildman–Crippen MR) is 131 cm³/mol. The zero-order valence-electron chi connectivity index (χ0n) is 17.9. The third-order valence-corrected chi connectivity index (χ3v) is 6.34. The van der Waals surface area contributed by atoms with Crippen molar-refractivity contribution in [3.8, 4) is 17.2 Å². The van der Waals surface area contributed by atoms with Gasteiger partial charge in [0.05, 0.1) is 10.8 Å². The largest absolute Gasteiger partial charge is 0.325 e. The fourth-order valence-corrected chi connectivity index (χ4v) is 4.13. The number of thioether (sulfide) groups is 1. The topological polar surface area (TPSA) is 65.8 Å². The zero-order chi connectivity index (χ0) is 22.6. The van der Waals surface area contributed by atoms with Gasteiger partial charge in [0.1, 0.15) is 11.1 Å². The van der Waals surface area contributed by atoms with Crippen LogP contribution < -0.4 is 5.32 Å². The molecule has 0 aliphatic rings. The summed E-state index contributed by atoms with van der Waals surface area (Å²) in [6.07, 6.45) is 0. The summed E-state index contributed by atoms with van der Waals surface area (Å²) >= 11 is 4.70. The molecule has 0 fully saturated rings. The van der Waals surface area contributed by atoms with Crippen molar-refractivity contribution in [2.75, 3.05) is 5.32 Å². The van der Waals surface area contributed by atoms with Crippen LogP contribution >= 0.6 is 27.7 Å². The first-order chi connectivity index (χ1) is 14.7. The third kappa shape index (κ3) is 5.75. The number of hydrogen-bond donors (Lipinski definition) is 1. The van der Waals surface area contributed by atoms with Gasteiger partial charge in [0.2, 0.25) is 5.91 Å². The number of aromatic nitrogens is 1. The highest BCUT2D eigenvalue weighted by atomic mass is 79.9. The number of carbonyl (C=O) groups is 1. The molecular weight excluding hydrogens is 470 g/mol. The lowest BCUT2D eigenvalue weighted by Gasteiger charge is -2.22. The molecular formula is C25H24BrN3OS. The Morgan fingerprint density at radius 3 is 2.35 bits per heavy atom. The number of nitrogens with one attached hydrogen (secondary N) is 1.